The number of hydrogen-bond acceptors (Lipinski definition) is 3. The van der Waals surface area contributed by atoms with Crippen LogP contribution in [0.2, 0.25) is 0 Å². The van der Waals surface area contributed by atoms with E-state index in [4.69, 9.17) is 9.84 Å². The molecule has 1 heterocycles. The highest BCUT2D eigenvalue weighted by Crippen LogP contribution is 2.25. The number of aliphatic carboxylic acids is 1. The first-order chi connectivity index (χ1) is 9.08. The molecular formula is C13H14INO4. The smallest absolute Gasteiger partial charge is 0.410 e. The van der Waals surface area contributed by atoms with Gasteiger partial charge in [-0.15, -0.1) is 0 Å². The Morgan fingerprint density at radius 2 is 2.05 bits per heavy atom. The highest BCUT2D eigenvalue weighted by Gasteiger charge is 2.39. The Balaban J connectivity index is 1.94. The number of carbonyl (C=O) groups excluding carboxylic acids is 1. The molecule has 0 spiro atoms. The number of carbonyl (C=O) groups is 2. The van der Waals surface area contributed by atoms with Crippen molar-refractivity contribution in [2.45, 2.75) is 23.0 Å². The van der Waals surface area contributed by atoms with Crippen LogP contribution in [0.1, 0.15) is 12.0 Å². The van der Waals surface area contributed by atoms with Crippen LogP contribution in [-0.2, 0) is 16.1 Å². The van der Waals surface area contributed by atoms with Gasteiger partial charge >= 0.3 is 12.1 Å². The van der Waals surface area contributed by atoms with Gasteiger partial charge in [-0.05, 0) is 12.0 Å². The van der Waals surface area contributed by atoms with Crippen LogP contribution in [0.5, 0.6) is 0 Å². The summed E-state index contributed by atoms with van der Waals surface area (Å²) in [4.78, 5) is 24.3. The minimum Gasteiger partial charge on any atom is -0.480 e. The lowest BCUT2D eigenvalue weighted by molar-refractivity contribution is -0.141. The summed E-state index contributed by atoms with van der Waals surface area (Å²) in [5.74, 6) is -0.976. The number of rotatable bonds is 3. The van der Waals surface area contributed by atoms with E-state index in [2.05, 4.69) is 22.6 Å². The van der Waals surface area contributed by atoms with Gasteiger partial charge in [0, 0.05) is 10.5 Å². The van der Waals surface area contributed by atoms with Crippen molar-refractivity contribution in [2.75, 3.05) is 6.54 Å². The fourth-order valence-corrected chi connectivity index (χ4v) is 2.93. The molecule has 102 valence electrons. The molecule has 6 heteroatoms. The van der Waals surface area contributed by atoms with Crippen LogP contribution in [0, 0.1) is 0 Å². The lowest BCUT2D eigenvalue weighted by Crippen LogP contribution is -2.40. The molecule has 0 aliphatic carbocycles. The molecule has 19 heavy (non-hydrogen) atoms. The van der Waals surface area contributed by atoms with Gasteiger partial charge in [-0.2, -0.15) is 0 Å². The standard InChI is InChI=1S/C13H14INO4/c14-10-6-11(12(16)17)15(7-10)13(18)19-8-9-4-2-1-3-5-9/h1-5,10-11H,6-8H2,(H,16,17). The number of likely N-dealkylation sites (tertiary alicyclic amines) is 1. The Morgan fingerprint density at radius 1 is 1.37 bits per heavy atom. The average Bonchev–Trinajstić information content (AvgIpc) is 2.79. The Labute approximate surface area is 124 Å². The van der Waals surface area contributed by atoms with E-state index in [0.717, 1.165) is 5.56 Å². The first-order valence-corrected chi connectivity index (χ1v) is 7.16. The first kappa shape index (κ1) is 14.1. The molecule has 2 rings (SSSR count). The number of carboxylic acid groups (broad SMARTS) is 1. The van der Waals surface area contributed by atoms with E-state index in [0.29, 0.717) is 13.0 Å². The zero-order valence-electron chi connectivity index (χ0n) is 10.2. The SMILES string of the molecule is O=C(O)C1CC(I)CN1C(=O)OCc1ccccc1. The van der Waals surface area contributed by atoms with Gasteiger partial charge in [-0.1, -0.05) is 52.9 Å². The van der Waals surface area contributed by atoms with Crippen molar-refractivity contribution in [3.63, 3.8) is 0 Å². The summed E-state index contributed by atoms with van der Waals surface area (Å²) in [5, 5.41) is 9.08. The normalized spacial score (nSPS) is 22.3. The van der Waals surface area contributed by atoms with Crippen LogP contribution in [0.25, 0.3) is 0 Å². The molecular weight excluding hydrogens is 361 g/mol. The van der Waals surface area contributed by atoms with Gasteiger partial charge in [-0.25, -0.2) is 9.59 Å². The van der Waals surface area contributed by atoms with Crippen molar-refractivity contribution in [1.29, 1.82) is 0 Å². The molecule has 5 nitrogen and oxygen atoms in total. The second kappa shape index (κ2) is 6.23. The molecule has 0 radical (unpaired) electrons. The second-order valence-electron chi connectivity index (χ2n) is 4.38. The van der Waals surface area contributed by atoms with E-state index in [1.165, 1.54) is 4.90 Å². The maximum Gasteiger partial charge on any atom is 0.410 e. The molecule has 1 saturated heterocycles. The number of alkyl halides is 1. The monoisotopic (exact) mass is 375 g/mol. The minimum absolute atomic E-state index is 0.156. The van der Waals surface area contributed by atoms with Gasteiger partial charge in [-0.3, -0.25) is 4.90 Å². The van der Waals surface area contributed by atoms with E-state index in [1.54, 1.807) is 0 Å². The van der Waals surface area contributed by atoms with Crippen LogP contribution in [-0.4, -0.2) is 38.6 Å². The third-order valence-corrected chi connectivity index (χ3v) is 3.88. The number of nitrogens with zero attached hydrogens (tertiary/aromatic N) is 1. The molecule has 1 aliphatic rings. The third kappa shape index (κ3) is 3.59. The summed E-state index contributed by atoms with van der Waals surface area (Å²) in [6.07, 6.45) is -0.0912. The molecule has 0 saturated carbocycles. The Kier molecular flexibility index (Phi) is 4.62. The molecule has 1 amide bonds. The Morgan fingerprint density at radius 3 is 2.68 bits per heavy atom. The Hall–Kier alpha value is -1.31. The van der Waals surface area contributed by atoms with Gasteiger partial charge in [0.1, 0.15) is 12.6 Å². The van der Waals surface area contributed by atoms with Gasteiger partial charge < -0.3 is 9.84 Å². The van der Waals surface area contributed by atoms with Crippen LogP contribution < -0.4 is 0 Å². The van der Waals surface area contributed by atoms with Crippen molar-refractivity contribution < 1.29 is 19.4 Å². The fourth-order valence-electron chi connectivity index (χ4n) is 2.02. The molecule has 1 aromatic rings. The highest BCUT2D eigenvalue weighted by molar-refractivity contribution is 14.1. The van der Waals surface area contributed by atoms with Crippen molar-refractivity contribution >= 4 is 34.7 Å². The molecule has 1 fully saturated rings. The number of benzene rings is 1. The van der Waals surface area contributed by atoms with Crippen molar-refractivity contribution in [1.82, 2.24) is 4.90 Å². The van der Waals surface area contributed by atoms with E-state index < -0.39 is 18.1 Å². The van der Waals surface area contributed by atoms with E-state index >= 15 is 0 Å². The van der Waals surface area contributed by atoms with Gasteiger partial charge in [0.05, 0.1) is 0 Å². The predicted octanol–water partition coefficient (Wildman–Crippen LogP) is 2.29. The lowest BCUT2D eigenvalue weighted by Gasteiger charge is -2.20. The summed E-state index contributed by atoms with van der Waals surface area (Å²) in [6, 6.07) is 8.54. The third-order valence-electron chi connectivity index (χ3n) is 2.97. The van der Waals surface area contributed by atoms with Crippen LogP contribution in [0.3, 0.4) is 0 Å². The maximum atomic E-state index is 11.9. The summed E-state index contributed by atoms with van der Waals surface area (Å²) in [7, 11) is 0. The fraction of sp³-hybridized carbons (Fsp3) is 0.385. The molecule has 2 unspecified atom stereocenters. The maximum absolute atomic E-state index is 11.9. The largest absolute Gasteiger partial charge is 0.480 e. The topological polar surface area (TPSA) is 66.8 Å². The van der Waals surface area contributed by atoms with Gasteiger partial charge in [0.15, 0.2) is 0 Å². The molecule has 0 aromatic heterocycles. The summed E-state index contributed by atoms with van der Waals surface area (Å²) >= 11 is 2.16. The van der Waals surface area contributed by atoms with Crippen LogP contribution >= 0.6 is 22.6 Å². The number of ether oxygens (including phenoxy) is 1. The second-order valence-corrected chi connectivity index (χ2v) is 6.14. The zero-order chi connectivity index (χ0) is 13.8. The Bertz CT molecular complexity index is 465. The van der Waals surface area contributed by atoms with E-state index in [9.17, 15) is 9.59 Å². The zero-order valence-corrected chi connectivity index (χ0v) is 12.3. The predicted molar refractivity (Wildman–Crippen MR) is 77.2 cm³/mol. The van der Waals surface area contributed by atoms with Gasteiger partial charge in [0.2, 0.25) is 0 Å². The molecule has 1 N–H and O–H groups in total. The van der Waals surface area contributed by atoms with Crippen molar-refractivity contribution in [2.24, 2.45) is 0 Å². The number of halogens is 1. The molecule has 1 aromatic carbocycles. The summed E-state index contributed by atoms with van der Waals surface area (Å²) in [6.45, 7) is 0.583. The molecule has 1 aliphatic heterocycles. The van der Waals surface area contributed by atoms with Crippen molar-refractivity contribution in [3.8, 4) is 0 Å². The van der Waals surface area contributed by atoms with E-state index in [1.807, 2.05) is 30.3 Å². The summed E-state index contributed by atoms with van der Waals surface area (Å²) in [5.41, 5.74) is 0.882. The number of carboxylic acids is 1. The van der Waals surface area contributed by atoms with Crippen molar-refractivity contribution in [3.05, 3.63) is 35.9 Å². The van der Waals surface area contributed by atoms with Crippen LogP contribution in [0.4, 0.5) is 4.79 Å². The number of amides is 1. The number of hydrogen-bond donors (Lipinski definition) is 1. The minimum atomic E-state index is -0.976. The lowest BCUT2D eigenvalue weighted by atomic mass is 10.2. The van der Waals surface area contributed by atoms with Crippen LogP contribution in [0.15, 0.2) is 30.3 Å². The average molecular weight is 375 g/mol. The first-order valence-electron chi connectivity index (χ1n) is 5.92. The quantitative estimate of drug-likeness (QED) is 0.651. The molecule has 0 bridgehead atoms. The highest BCUT2D eigenvalue weighted by atomic mass is 127. The molecule has 2 atom stereocenters. The summed E-state index contributed by atoms with van der Waals surface area (Å²) < 4.78 is 5.32. The van der Waals surface area contributed by atoms with E-state index in [-0.39, 0.29) is 10.5 Å². The van der Waals surface area contributed by atoms with Gasteiger partial charge in [0.25, 0.3) is 0 Å².